The van der Waals surface area contributed by atoms with Gasteiger partial charge in [-0.1, -0.05) is 243 Å². The Balaban J connectivity index is 1.21. The molecule has 59 heavy (non-hydrogen) atoms. The van der Waals surface area contributed by atoms with E-state index in [1.807, 2.05) is 0 Å². The summed E-state index contributed by atoms with van der Waals surface area (Å²) in [6, 6.07) is 21.9. The van der Waals surface area contributed by atoms with Crippen LogP contribution >= 0.6 is 11.3 Å². The number of aromatic nitrogens is 1. The molecule has 0 amide bonds. The highest BCUT2D eigenvalue weighted by atomic mass is 32.1. The maximum absolute atomic E-state index is 4.85. The summed E-state index contributed by atoms with van der Waals surface area (Å²) in [6.45, 7) is 6.89. The molecule has 0 radical (unpaired) electrons. The van der Waals surface area contributed by atoms with E-state index < -0.39 is 0 Å². The summed E-state index contributed by atoms with van der Waals surface area (Å²) in [6.07, 6.45) is 45.2. The smallest absolute Gasteiger partial charge is 0.371 e. The summed E-state index contributed by atoms with van der Waals surface area (Å²) in [7, 11) is 2.09. The summed E-state index contributed by atoms with van der Waals surface area (Å²) in [4.78, 5) is 2.71. The number of rotatable bonds is 37. The third kappa shape index (κ3) is 19.6. The fourth-order valence-corrected chi connectivity index (χ4v) is 9.93. The molecule has 0 aliphatic rings. The van der Waals surface area contributed by atoms with Gasteiger partial charge >= 0.3 is 5.13 Å². The molecule has 0 spiro atoms. The molecule has 0 bridgehead atoms. The fraction of sp³-hybridized carbons (Fsp3) is 0.685. The minimum atomic E-state index is 0.924. The highest BCUT2D eigenvalue weighted by Gasteiger charge is 2.17. The third-order valence-corrected chi connectivity index (χ3v) is 13.8. The van der Waals surface area contributed by atoms with Gasteiger partial charge in [-0.15, -0.1) is 0 Å². The van der Waals surface area contributed by atoms with Crippen molar-refractivity contribution in [1.29, 1.82) is 0 Å². The molecular formula is C54H87N4S+. The first kappa shape index (κ1) is 48.9. The molecule has 0 saturated carbocycles. The first-order chi connectivity index (χ1) is 29.2. The highest BCUT2D eigenvalue weighted by Crippen LogP contribution is 2.36. The maximum atomic E-state index is 4.85. The van der Waals surface area contributed by atoms with Crippen LogP contribution in [0.25, 0.3) is 21.0 Å². The second-order valence-corrected chi connectivity index (χ2v) is 18.9. The van der Waals surface area contributed by atoms with Crippen LogP contribution < -0.4 is 9.47 Å². The Bertz CT molecular complexity index is 1620. The molecule has 4 nitrogen and oxygen atoms in total. The normalized spacial score (nSPS) is 11.8. The van der Waals surface area contributed by atoms with E-state index >= 15 is 0 Å². The van der Waals surface area contributed by atoms with Crippen LogP contribution in [0.15, 0.2) is 70.9 Å². The van der Waals surface area contributed by atoms with Crippen molar-refractivity contribution in [2.24, 2.45) is 17.3 Å². The number of para-hydroxylation sites is 1. The van der Waals surface area contributed by atoms with Crippen LogP contribution in [0.2, 0.25) is 0 Å². The van der Waals surface area contributed by atoms with Crippen LogP contribution in [-0.4, -0.2) is 13.1 Å². The number of hydrogen-bond acceptors (Lipinski definition) is 4. The Hall–Kier alpha value is -2.79. The SMILES string of the molecule is CCCCCCCCCCCCCCCCCCN(CCCCCCCCCCCCCCCCCC)c1ccc(N=Nc2sc3ccccc3[n+]2C)c2ccccc12. The number of nitrogens with zero attached hydrogens (tertiary/aromatic N) is 4. The molecular weight excluding hydrogens is 737 g/mol. The molecule has 0 saturated heterocycles. The zero-order valence-corrected chi connectivity index (χ0v) is 39.3. The van der Waals surface area contributed by atoms with Crippen LogP contribution in [0.4, 0.5) is 16.5 Å². The number of aryl methyl sites for hydroxylation is 1. The van der Waals surface area contributed by atoms with Gasteiger partial charge < -0.3 is 4.90 Å². The van der Waals surface area contributed by atoms with Gasteiger partial charge in [0.2, 0.25) is 0 Å². The van der Waals surface area contributed by atoms with E-state index in [9.17, 15) is 0 Å². The topological polar surface area (TPSA) is 31.8 Å². The van der Waals surface area contributed by atoms with Gasteiger partial charge in [-0.2, -0.15) is 0 Å². The van der Waals surface area contributed by atoms with Crippen molar-refractivity contribution in [2.75, 3.05) is 18.0 Å². The molecule has 0 N–H and O–H groups in total. The predicted molar refractivity (Wildman–Crippen MR) is 262 cm³/mol. The summed E-state index contributed by atoms with van der Waals surface area (Å²) < 4.78 is 3.39. The molecule has 1 heterocycles. The zero-order valence-electron chi connectivity index (χ0n) is 38.5. The number of unbranched alkanes of at least 4 members (excludes halogenated alkanes) is 30. The van der Waals surface area contributed by atoms with Crippen LogP contribution in [0, 0.1) is 0 Å². The van der Waals surface area contributed by atoms with Gasteiger partial charge in [-0.3, -0.25) is 0 Å². The minimum Gasteiger partial charge on any atom is -0.371 e. The molecule has 3 aromatic carbocycles. The van der Waals surface area contributed by atoms with E-state index in [4.69, 9.17) is 10.2 Å². The number of hydrogen-bond donors (Lipinski definition) is 0. The van der Waals surface area contributed by atoms with Crippen molar-refractivity contribution >= 4 is 48.8 Å². The Kier molecular flexibility index (Phi) is 26.5. The van der Waals surface area contributed by atoms with Crippen LogP contribution in [0.1, 0.15) is 219 Å². The summed E-state index contributed by atoms with van der Waals surface area (Å²) in [5.74, 6) is 0. The zero-order chi connectivity index (χ0) is 41.4. The number of fused-ring (bicyclic) bond motifs is 2. The average Bonchev–Trinajstić information content (AvgIpc) is 3.59. The van der Waals surface area contributed by atoms with E-state index in [1.165, 1.54) is 232 Å². The Morgan fingerprint density at radius 1 is 0.424 bits per heavy atom. The molecule has 4 aromatic rings. The van der Waals surface area contributed by atoms with Gasteiger partial charge in [0.1, 0.15) is 11.2 Å². The van der Waals surface area contributed by atoms with Gasteiger partial charge in [0.05, 0.1) is 16.9 Å². The summed E-state index contributed by atoms with van der Waals surface area (Å²) in [5, 5.41) is 13.1. The fourth-order valence-electron chi connectivity index (χ4n) is 8.96. The molecule has 4 rings (SSSR count). The second-order valence-electron chi connectivity index (χ2n) is 17.9. The monoisotopic (exact) mass is 824 g/mol. The second kappa shape index (κ2) is 32.0. The Morgan fingerprint density at radius 2 is 0.814 bits per heavy atom. The quantitative estimate of drug-likeness (QED) is 0.0253. The molecule has 0 aliphatic carbocycles. The van der Waals surface area contributed by atoms with E-state index in [2.05, 4.69) is 91.0 Å². The third-order valence-electron chi connectivity index (χ3n) is 12.7. The number of anilines is 1. The molecule has 328 valence electrons. The average molecular weight is 824 g/mol. The first-order valence-corrected chi connectivity index (χ1v) is 26.1. The van der Waals surface area contributed by atoms with Crippen molar-refractivity contribution in [2.45, 2.75) is 219 Å². The van der Waals surface area contributed by atoms with Gasteiger partial charge in [-0.05, 0) is 53.6 Å². The van der Waals surface area contributed by atoms with Crippen molar-refractivity contribution in [1.82, 2.24) is 0 Å². The van der Waals surface area contributed by atoms with E-state index in [0.717, 1.165) is 23.9 Å². The van der Waals surface area contributed by atoms with Gasteiger partial charge in [0.25, 0.3) is 0 Å². The lowest BCUT2D eigenvalue weighted by atomic mass is 10.0. The standard InChI is InChI=1S/C54H87N4S/c1-4-6-8-10-12-14-16-18-20-22-24-26-28-30-32-38-46-58(47-39-33-31-29-27-25-23-21-19-17-15-13-11-9-7-5-2)51-45-44-50(48-40-34-35-41-49(48)51)55-56-54-57(3)52-42-36-37-43-53(52)59-54/h34-37,40-45H,4-33,38-39,46-47H2,1-3H3/q+1. The van der Waals surface area contributed by atoms with Crippen molar-refractivity contribution in [3.8, 4) is 0 Å². The molecule has 1 aromatic heterocycles. The predicted octanol–water partition coefficient (Wildman–Crippen LogP) is 18.6. The molecule has 0 unspecified atom stereocenters. The Labute approximate surface area is 367 Å². The number of benzene rings is 3. The van der Waals surface area contributed by atoms with E-state index in [1.54, 1.807) is 11.3 Å². The van der Waals surface area contributed by atoms with E-state index in [-0.39, 0.29) is 0 Å². The molecule has 0 fully saturated rings. The lowest BCUT2D eigenvalue weighted by Gasteiger charge is -2.27. The van der Waals surface area contributed by atoms with Gasteiger partial charge in [0.15, 0.2) is 0 Å². The van der Waals surface area contributed by atoms with E-state index in [0.29, 0.717) is 0 Å². The molecule has 5 heteroatoms. The molecule has 0 atom stereocenters. The van der Waals surface area contributed by atoms with Crippen LogP contribution in [0.3, 0.4) is 0 Å². The summed E-state index contributed by atoms with van der Waals surface area (Å²) >= 11 is 1.70. The molecule has 0 aliphatic heterocycles. The maximum Gasteiger partial charge on any atom is 0.409 e. The number of thiazole rings is 1. The largest absolute Gasteiger partial charge is 0.409 e. The Morgan fingerprint density at radius 3 is 1.25 bits per heavy atom. The highest BCUT2D eigenvalue weighted by molar-refractivity contribution is 7.21. The van der Waals surface area contributed by atoms with Gasteiger partial charge in [0, 0.05) is 29.5 Å². The summed E-state index contributed by atoms with van der Waals surface area (Å²) in [5.41, 5.74) is 3.52. The van der Waals surface area contributed by atoms with Crippen LogP contribution in [0.5, 0.6) is 0 Å². The first-order valence-electron chi connectivity index (χ1n) is 25.3. The minimum absolute atomic E-state index is 0.924. The van der Waals surface area contributed by atoms with Crippen LogP contribution in [-0.2, 0) is 7.05 Å². The number of azo groups is 1. The van der Waals surface area contributed by atoms with Crippen molar-refractivity contribution in [3.05, 3.63) is 60.7 Å². The lowest BCUT2D eigenvalue weighted by molar-refractivity contribution is -0.627. The van der Waals surface area contributed by atoms with Crippen molar-refractivity contribution < 1.29 is 4.57 Å². The van der Waals surface area contributed by atoms with Gasteiger partial charge in [-0.25, -0.2) is 4.57 Å². The lowest BCUT2D eigenvalue weighted by Crippen LogP contribution is -2.26. The van der Waals surface area contributed by atoms with Crippen molar-refractivity contribution in [3.63, 3.8) is 0 Å².